The maximum absolute atomic E-state index is 13.8. The molecule has 1 heterocycles. The number of halogens is 4. The van der Waals surface area contributed by atoms with Crippen molar-refractivity contribution in [3.05, 3.63) is 58.4 Å². The monoisotopic (exact) mass is 525 g/mol. The average Bonchev–Trinajstić information content (AvgIpc) is 2.81. The maximum atomic E-state index is 13.8. The highest BCUT2D eigenvalue weighted by Crippen LogP contribution is 2.49. The third-order valence-corrected chi connectivity index (χ3v) is 6.99. The Morgan fingerprint density at radius 3 is 2.42 bits per heavy atom. The van der Waals surface area contributed by atoms with E-state index in [0.717, 1.165) is 16.7 Å². The first-order valence-electron chi connectivity index (χ1n) is 12.2. The fraction of sp³-hybridized carbons (Fsp3) is 0.500. The molecule has 36 heavy (non-hydrogen) atoms. The summed E-state index contributed by atoms with van der Waals surface area (Å²) >= 11 is 6.63. The molecule has 2 aromatic carbocycles. The standard InChI is InChI=1S/C28H35ClF3NO3/c1-18(2)23-20(4)24(29)26(34-5)27(35-15-11-19(3)21-7-9-22(30)10-8-21)25(23)36-16-14-33-13-6-12-28(31,32)17-33/h7-10,19H,1,6,11-17H2,2-5H3. The minimum absolute atomic E-state index is 0.0773. The third kappa shape index (κ3) is 6.88. The first kappa shape index (κ1) is 28.2. The number of nitrogens with zero attached hydrogens (tertiary/aromatic N) is 1. The largest absolute Gasteiger partial charge is 0.491 e. The number of hydrogen-bond donors (Lipinski definition) is 0. The first-order chi connectivity index (χ1) is 17.0. The van der Waals surface area contributed by atoms with Crippen LogP contribution < -0.4 is 14.2 Å². The van der Waals surface area contributed by atoms with E-state index in [2.05, 4.69) is 6.58 Å². The zero-order valence-corrected chi connectivity index (χ0v) is 22.2. The lowest BCUT2D eigenvalue weighted by Crippen LogP contribution is -2.44. The van der Waals surface area contributed by atoms with E-state index < -0.39 is 5.92 Å². The summed E-state index contributed by atoms with van der Waals surface area (Å²) in [5.41, 5.74) is 3.20. The Morgan fingerprint density at radius 2 is 1.81 bits per heavy atom. The lowest BCUT2D eigenvalue weighted by molar-refractivity contribution is -0.0657. The SMILES string of the molecule is C=C(C)c1c(C)c(Cl)c(OC)c(OCCC(C)c2ccc(F)cc2)c1OCCN1CCCC(F)(F)C1. The number of piperidine rings is 1. The molecule has 1 aliphatic rings. The van der Waals surface area contributed by atoms with Crippen LogP contribution in [0.15, 0.2) is 30.8 Å². The van der Waals surface area contributed by atoms with Crippen LogP contribution >= 0.6 is 11.6 Å². The second kappa shape index (κ2) is 12.2. The minimum atomic E-state index is -2.67. The molecule has 0 saturated carbocycles. The predicted octanol–water partition coefficient (Wildman–Crippen LogP) is 7.51. The van der Waals surface area contributed by atoms with Gasteiger partial charge in [-0.25, -0.2) is 13.2 Å². The highest BCUT2D eigenvalue weighted by molar-refractivity contribution is 6.33. The van der Waals surface area contributed by atoms with Crippen LogP contribution in [0.1, 0.15) is 55.7 Å². The Morgan fingerprint density at radius 1 is 1.14 bits per heavy atom. The molecule has 0 aromatic heterocycles. The molecule has 3 rings (SSSR count). The van der Waals surface area contributed by atoms with Crippen molar-refractivity contribution in [3.63, 3.8) is 0 Å². The van der Waals surface area contributed by atoms with Crippen molar-refractivity contribution in [1.82, 2.24) is 4.90 Å². The molecule has 2 aromatic rings. The molecule has 1 fully saturated rings. The van der Waals surface area contributed by atoms with E-state index in [4.69, 9.17) is 25.8 Å². The van der Waals surface area contributed by atoms with E-state index in [9.17, 15) is 13.2 Å². The minimum Gasteiger partial charge on any atom is -0.491 e. The van der Waals surface area contributed by atoms with Gasteiger partial charge in [-0.15, -0.1) is 0 Å². The highest BCUT2D eigenvalue weighted by Gasteiger charge is 2.35. The highest BCUT2D eigenvalue weighted by atomic mass is 35.5. The zero-order chi connectivity index (χ0) is 26.5. The Labute approximate surface area is 217 Å². The molecule has 8 heteroatoms. The molecular formula is C28H35ClF3NO3. The van der Waals surface area contributed by atoms with Gasteiger partial charge in [0.25, 0.3) is 5.92 Å². The molecule has 0 radical (unpaired) electrons. The van der Waals surface area contributed by atoms with Crippen LogP contribution in [0, 0.1) is 12.7 Å². The van der Waals surface area contributed by atoms with E-state index in [0.29, 0.717) is 60.4 Å². The smallest absolute Gasteiger partial charge is 0.260 e. The summed E-state index contributed by atoms with van der Waals surface area (Å²) in [4.78, 5) is 1.72. The van der Waals surface area contributed by atoms with Gasteiger partial charge in [-0.05, 0) is 68.0 Å². The fourth-order valence-corrected chi connectivity index (χ4v) is 4.80. The number of benzene rings is 2. The lowest BCUT2D eigenvalue weighted by atomic mass is 9.98. The molecule has 1 unspecified atom stereocenters. The van der Waals surface area contributed by atoms with Crippen molar-refractivity contribution in [2.45, 2.75) is 51.9 Å². The molecule has 0 spiro atoms. The van der Waals surface area contributed by atoms with Gasteiger partial charge in [0, 0.05) is 18.5 Å². The molecule has 0 bridgehead atoms. The van der Waals surface area contributed by atoms with Crippen molar-refractivity contribution in [3.8, 4) is 17.2 Å². The van der Waals surface area contributed by atoms with E-state index in [1.807, 2.05) is 20.8 Å². The van der Waals surface area contributed by atoms with Gasteiger partial charge in [0.2, 0.25) is 5.75 Å². The van der Waals surface area contributed by atoms with Crippen molar-refractivity contribution in [2.75, 3.05) is 40.0 Å². The van der Waals surface area contributed by atoms with E-state index in [-0.39, 0.29) is 31.3 Å². The maximum Gasteiger partial charge on any atom is 0.260 e. The molecule has 0 amide bonds. The molecule has 0 N–H and O–H groups in total. The second-order valence-electron chi connectivity index (χ2n) is 9.46. The number of methoxy groups -OCH3 is 1. The van der Waals surface area contributed by atoms with E-state index in [1.165, 1.54) is 19.2 Å². The van der Waals surface area contributed by atoms with Gasteiger partial charge in [-0.2, -0.15) is 0 Å². The van der Waals surface area contributed by atoms with Crippen molar-refractivity contribution in [1.29, 1.82) is 0 Å². The number of ether oxygens (including phenoxy) is 3. The summed E-state index contributed by atoms with van der Waals surface area (Å²) in [6.07, 6.45) is 1.04. The fourth-order valence-electron chi connectivity index (χ4n) is 4.54. The number of hydrogen-bond acceptors (Lipinski definition) is 4. The van der Waals surface area contributed by atoms with Crippen LogP contribution in [0.25, 0.3) is 5.57 Å². The van der Waals surface area contributed by atoms with Crippen molar-refractivity contribution >= 4 is 17.2 Å². The van der Waals surface area contributed by atoms with E-state index in [1.54, 1.807) is 17.0 Å². The summed E-state index contributed by atoms with van der Waals surface area (Å²) in [6, 6.07) is 6.42. The number of rotatable bonds is 11. The van der Waals surface area contributed by atoms with Gasteiger partial charge < -0.3 is 14.2 Å². The van der Waals surface area contributed by atoms with Crippen LogP contribution in [0.5, 0.6) is 17.2 Å². The van der Waals surface area contributed by atoms with Gasteiger partial charge in [0.1, 0.15) is 12.4 Å². The van der Waals surface area contributed by atoms with Crippen molar-refractivity contribution < 1.29 is 27.4 Å². The van der Waals surface area contributed by atoms with Crippen LogP contribution in [-0.4, -0.2) is 50.8 Å². The predicted molar refractivity (Wildman–Crippen MR) is 138 cm³/mol. The average molecular weight is 526 g/mol. The second-order valence-corrected chi connectivity index (χ2v) is 9.84. The Kier molecular flexibility index (Phi) is 9.59. The summed E-state index contributed by atoms with van der Waals surface area (Å²) in [5, 5.41) is 0.403. The third-order valence-electron chi connectivity index (χ3n) is 6.54. The lowest BCUT2D eigenvalue weighted by Gasteiger charge is -2.32. The van der Waals surface area contributed by atoms with Gasteiger partial charge in [-0.1, -0.05) is 37.2 Å². The number of likely N-dealkylation sites (tertiary alicyclic amines) is 1. The van der Waals surface area contributed by atoms with Crippen molar-refractivity contribution in [2.24, 2.45) is 0 Å². The number of alkyl halides is 2. The topological polar surface area (TPSA) is 30.9 Å². The van der Waals surface area contributed by atoms with Crippen LogP contribution in [0.4, 0.5) is 13.2 Å². The Balaban J connectivity index is 1.80. The molecule has 1 atom stereocenters. The van der Waals surface area contributed by atoms with Crippen LogP contribution in [0.3, 0.4) is 0 Å². The summed E-state index contributed by atoms with van der Waals surface area (Å²) < 4.78 is 58.9. The molecule has 198 valence electrons. The zero-order valence-electron chi connectivity index (χ0n) is 21.4. The van der Waals surface area contributed by atoms with E-state index >= 15 is 0 Å². The van der Waals surface area contributed by atoms with Gasteiger partial charge in [0.15, 0.2) is 11.5 Å². The van der Waals surface area contributed by atoms with Gasteiger partial charge in [0.05, 0.1) is 25.3 Å². The Bertz CT molecular complexity index is 1060. The van der Waals surface area contributed by atoms with Crippen LogP contribution in [-0.2, 0) is 0 Å². The molecule has 4 nitrogen and oxygen atoms in total. The number of allylic oxidation sites excluding steroid dienone is 1. The summed E-state index contributed by atoms with van der Waals surface area (Å²) in [7, 11) is 1.51. The van der Waals surface area contributed by atoms with Gasteiger partial charge >= 0.3 is 0 Å². The molecule has 1 saturated heterocycles. The first-order valence-corrected chi connectivity index (χ1v) is 12.6. The summed E-state index contributed by atoms with van der Waals surface area (Å²) in [5.74, 6) is -1.66. The Hall–Kier alpha value is -2.38. The van der Waals surface area contributed by atoms with Crippen LogP contribution in [0.2, 0.25) is 5.02 Å². The van der Waals surface area contributed by atoms with Gasteiger partial charge in [-0.3, -0.25) is 4.90 Å². The molecule has 1 aliphatic heterocycles. The summed E-state index contributed by atoms with van der Waals surface area (Å²) in [6.45, 7) is 11.1. The quantitative estimate of drug-likeness (QED) is 0.304. The molecule has 0 aliphatic carbocycles. The molecular weight excluding hydrogens is 491 g/mol. The normalized spacial score (nSPS) is 16.4.